The number of rotatable bonds is 7. The number of ether oxygens (including phenoxy) is 4. The van der Waals surface area contributed by atoms with Crippen molar-refractivity contribution in [3.8, 4) is 0 Å². The summed E-state index contributed by atoms with van der Waals surface area (Å²) in [4.78, 5) is 48.5. The van der Waals surface area contributed by atoms with Gasteiger partial charge >= 0.3 is 18.3 Å². The van der Waals surface area contributed by atoms with Gasteiger partial charge in [-0.3, -0.25) is 4.90 Å². The number of amides is 3. The zero-order valence-corrected chi connectivity index (χ0v) is 30.1. The minimum absolute atomic E-state index is 0.143. The third-order valence-corrected chi connectivity index (χ3v) is 8.65. The van der Waals surface area contributed by atoms with Crippen LogP contribution in [0.15, 0.2) is 12.3 Å². The van der Waals surface area contributed by atoms with Crippen molar-refractivity contribution in [3.05, 3.63) is 17.8 Å². The van der Waals surface area contributed by atoms with Gasteiger partial charge < -0.3 is 34.1 Å². The molecule has 0 bridgehead atoms. The Labute approximate surface area is 287 Å². The number of piperidine rings is 1. The fraction of sp³-hybridized carbons (Fsp3) is 0.735. The van der Waals surface area contributed by atoms with E-state index in [4.69, 9.17) is 23.9 Å². The molecule has 0 spiro atoms. The van der Waals surface area contributed by atoms with Crippen LogP contribution in [-0.2, 0) is 18.9 Å². The van der Waals surface area contributed by atoms with E-state index in [-0.39, 0.29) is 44.2 Å². The van der Waals surface area contributed by atoms with Gasteiger partial charge in [-0.15, -0.1) is 0 Å². The van der Waals surface area contributed by atoms with Crippen LogP contribution in [-0.4, -0.2) is 118 Å². The predicted octanol–water partition coefficient (Wildman–Crippen LogP) is 5.75. The van der Waals surface area contributed by atoms with Crippen molar-refractivity contribution in [2.24, 2.45) is 0 Å². The number of likely N-dealkylation sites (tertiary alicyclic amines) is 2. The zero-order valence-electron chi connectivity index (χ0n) is 30.1. The minimum Gasteiger partial charge on any atom is -0.446 e. The zero-order chi connectivity index (χ0) is 35.7. The van der Waals surface area contributed by atoms with Gasteiger partial charge in [0, 0.05) is 50.0 Å². The molecule has 3 aliphatic rings. The third kappa shape index (κ3) is 9.03. The molecule has 0 atom stereocenters. The lowest BCUT2D eigenvalue weighted by atomic mass is 9.98. The SMILES string of the molecule is CC(C)c1cnn2c(N(C(=O)OC(C)(C)C)C3CCN(C(=O)OCC4(F)CN(C(=O)OC(C)(C)C)C4)CC3)cc(NC3CCOCC3)nc12. The second kappa shape index (κ2) is 14.2. The van der Waals surface area contributed by atoms with Gasteiger partial charge in [0.25, 0.3) is 0 Å². The van der Waals surface area contributed by atoms with Crippen LogP contribution in [0.1, 0.15) is 92.6 Å². The molecule has 15 heteroatoms. The number of carbonyl (C=O) groups is 3. The predicted molar refractivity (Wildman–Crippen MR) is 181 cm³/mol. The maximum absolute atomic E-state index is 15.2. The summed E-state index contributed by atoms with van der Waals surface area (Å²) in [6.07, 6.45) is 2.54. The van der Waals surface area contributed by atoms with Crippen LogP contribution in [0, 0.1) is 0 Å². The lowest BCUT2D eigenvalue weighted by molar-refractivity contribution is -0.0784. The Kier molecular flexibility index (Phi) is 10.5. The molecule has 3 saturated heterocycles. The molecule has 0 aliphatic carbocycles. The average molecular weight is 690 g/mol. The van der Waals surface area contributed by atoms with Gasteiger partial charge in [-0.05, 0) is 73.1 Å². The van der Waals surface area contributed by atoms with Crippen LogP contribution < -0.4 is 10.2 Å². The van der Waals surface area contributed by atoms with Crippen molar-refractivity contribution in [2.45, 2.75) is 116 Å². The van der Waals surface area contributed by atoms with Gasteiger partial charge in [0.1, 0.15) is 29.4 Å². The van der Waals surface area contributed by atoms with Gasteiger partial charge in [0.05, 0.1) is 19.3 Å². The Hall–Kier alpha value is -3.88. The van der Waals surface area contributed by atoms with Crippen LogP contribution in [0.4, 0.5) is 30.4 Å². The van der Waals surface area contributed by atoms with Crippen LogP contribution in [0.2, 0.25) is 0 Å². The lowest BCUT2D eigenvalue weighted by Crippen LogP contribution is -2.64. The molecule has 2 aromatic heterocycles. The number of hydrogen-bond donors (Lipinski definition) is 1. The maximum atomic E-state index is 15.2. The molecule has 272 valence electrons. The van der Waals surface area contributed by atoms with Crippen LogP contribution in [0.5, 0.6) is 0 Å². The van der Waals surface area contributed by atoms with E-state index in [0.29, 0.717) is 43.3 Å². The van der Waals surface area contributed by atoms with Crippen molar-refractivity contribution >= 4 is 35.6 Å². The molecule has 0 radical (unpaired) electrons. The van der Waals surface area contributed by atoms with E-state index in [9.17, 15) is 14.4 Å². The fourth-order valence-electron chi connectivity index (χ4n) is 6.18. The highest BCUT2D eigenvalue weighted by Crippen LogP contribution is 2.32. The van der Waals surface area contributed by atoms with E-state index in [1.807, 2.05) is 26.8 Å². The Morgan fingerprint density at radius 3 is 2.22 bits per heavy atom. The number of halogens is 1. The van der Waals surface area contributed by atoms with Crippen molar-refractivity contribution in [3.63, 3.8) is 0 Å². The third-order valence-electron chi connectivity index (χ3n) is 8.65. The fourth-order valence-corrected chi connectivity index (χ4v) is 6.18. The van der Waals surface area contributed by atoms with E-state index in [1.165, 1.54) is 9.80 Å². The largest absolute Gasteiger partial charge is 0.446 e. The van der Waals surface area contributed by atoms with Gasteiger partial charge in [-0.25, -0.2) is 23.8 Å². The standard InChI is InChI=1S/C34H52FN7O7/c1-22(2)25-18-36-42-27(17-26(38-28(25)42)37-23-11-15-46-16-12-23)41(31(45)49-33(6,7)8)24-9-13-39(14-10-24)29(43)47-21-34(35)19-40(20-34)30(44)48-32(3,4)5/h17-18,22-24H,9-16,19-21H2,1-8H3,(H,37,38). The quantitative estimate of drug-likeness (QED) is 0.358. The number of nitrogens with one attached hydrogen (secondary N) is 1. The van der Waals surface area contributed by atoms with Crippen molar-refractivity contribution in [1.29, 1.82) is 0 Å². The maximum Gasteiger partial charge on any atom is 0.416 e. The first kappa shape index (κ1) is 36.4. The van der Waals surface area contributed by atoms with Gasteiger partial charge in [0.15, 0.2) is 11.3 Å². The van der Waals surface area contributed by atoms with E-state index in [0.717, 1.165) is 18.4 Å². The minimum atomic E-state index is -1.83. The Bertz CT molecular complexity index is 1500. The summed E-state index contributed by atoms with van der Waals surface area (Å²) < 4.78 is 39.0. The summed E-state index contributed by atoms with van der Waals surface area (Å²) in [5.74, 6) is 1.29. The number of fused-ring (bicyclic) bond motifs is 1. The molecule has 2 aromatic rings. The monoisotopic (exact) mass is 689 g/mol. The van der Waals surface area contributed by atoms with Crippen LogP contribution in [0.25, 0.3) is 5.65 Å². The Balaban J connectivity index is 1.30. The summed E-state index contributed by atoms with van der Waals surface area (Å²) in [5, 5.41) is 8.22. The molecule has 49 heavy (non-hydrogen) atoms. The van der Waals surface area contributed by atoms with E-state index < -0.39 is 41.8 Å². The number of nitrogens with zero attached hydrogens (tertiary/aromatic N) is 6. The summed E-state index contributed by atoms with van der Waals surface area (Å²) >= 11 is 0. The van der Waals surface area contributed by atoms with E-state index in [1.54, 1.807) is 36.4 Å². The van der Waals surface area contributed by atoms with Gasteiger partial charge in [-0.2, -0.15) is 9.61 Å². The topological polar surface area (TPSA) is 140 Å². The number of alkyl halides is 1. The number of aromatic nitrogens is 3. The highest BCUT2D eigenvalue weighted by Gasteiger charge is 2.48. The molecule has 5 heterocycles. The molecule has 14 nitrogen and oxygen atoms in total. The molecular formula is C34H52FN7O7. The summed E-state index contributed by atoms with van der Waals surface area (Å²) in [6.45, 7) is 15.8. The Morgan fingerprint density at radius 2 is 1.63 bits per heavy atom. The van der Waals surface area contributed by atoms with Crippen molar-refractivity contribution in [1.82, 2.24) is 24.4 Å². The number of carbonyl (C=O) groups excluding carboxylic acids is 3. The molecular weight excluding hydrogens is 637 g/mol. The first-order valence-electron chi connectivity index (χ1n) is 17.2. The first-order chi connectivity index (χ1) is 22.9. The molecule has 0 aromatic carbocycles. The normalized spacial score (nSPS) is 19.1. The molecule has 3 amide bonds. The van der Waals surface area contributed by atoms with Gasteiger partial charge in [0.2, 0.25) is 0 Å². The average Bonchev–Trinajstić information content (AvgIpc) is 3.42. The highest BCUT2D eigenvalue weighted by molar-refractivity contribution is 5.89. The summed E-state index contributed by atoms with van der Waals surface area (Å²) in [5.41, 5.74) is -1.68. The van der Waals surface area contributed by atoms with Gasteiger partial charge in [-0.1, -0.05) is 13.8 Å². The molecule has 5 rings (SSSR count). The van der Waals surface area contributed by atoms with E-state index >= 15 is 4.39 Å². The first-order valence-corrected chi connectivity index (χ1v) is 17.2. The van der Waals surface area contributed by atoms with Crippen molar-refractivity contribution < 1.29 is 37.7 Å². The van der Waals surface area contributed by atoms with Crippen LogP contribution >= 0.6 is 0 Å². The number of anilines is 2. The molecule has 3 fully saturated rings. The van der Waals surface area contributed by atoms with E-state index in [2.05, 4.69) is 24.3 Å². The smallest absolute Gasteiger partial charge is 0.416 e. The number of hydrogen-bond acceptors (Lipinski definition) is 10. The molecule has 0 unspecified atom stereocenters. The molecule has 0 saturated carbocycles. The van der Waals surface area contributed by atoms with Crippen LogP contribution in [0.3, 0.4) is 0 Å². The van der Waals surface area contributed by atoms with Crippen molar-refractivity contribution in [2.75, 3.05) is 56.2 Å². The lowest BCUT2D eigenvalue weighted by Gasteiger charge is -2.44. The molecule has 1 N–H and O–H groups in total. The second-order valence-electron chi connectivity index (χ2n) is 15.6. The molecule has 3 aliphatic heterocycles. The summed E-state index contributed by atoms with van der Waals surface area (Å²) in [6, 6.07) is 1.67. The Morgan fingerprint density at radius 1 is 1.00 bits per heavy atom. The second-order valence-corrected chi connectivity index (χ2v) is 15.6. The highest BCUT2D eigenvalue weighted by atomic mass is 19.1. The summed E-state index contributed by atoms with van der Waals surface area (Å²) in [7, 11) is 0.